The van der Waals surface area contributed by atoms with Crippen molar-refractivity contribution in [1.29, 1.82) is 0 Å². The van der Waals surface area contributed by atoms with E-state index in [-0.39, 0.29) is 6.10 Å². The second-order valence-corrected chi connectivity index (χ2v) is 2.24. The highest BCUT2D eigenvalue weighted by Crippen LogP contribution is 2.06. The van der Waals surface area contributed by atoms with E-state index in [9.17, 15) is 0 Å². The van der Waals surface area contributed by atoms with Gasteiger partial charge in [0.05, 0.1) is 6.26 Å². The molecule has 1 atom stereocenters. The molecule has 1 aliphatic rings. The van der Waals surface area contributed by atoms with Crippen molar-refractivity contribution < 1.29 is 4.74 Å². The highest BCUT2D eigenvalue weighted by molar-refractivity contribution is 5.09. The molecule has 0 amide bonds. The van der Waals surface area contributed by atoms with E-state index in [4.69, 9.17) is 11.3 Å². The summed E-state index contributed by atoms with van der Waals surface area (Å²) in [5.41, 5.74) is 0. The van der Waals surface area contributed by atoms with Gasteiger partial charge in [-0.15, -0.1) is 0 Å². The predicted molar refractivity (Wildman–Crippen MR) is 45.8 cm³/mol. The monoisotopic (exact) mass is 147 g/mol. The molecule has 0 aromatic carbocycles. The van der Waals surface area contributed by atoms with Gasteiger partial charge in [-0.3, -0.25) is 0 Å². The van der Waals surface area contributed by atoms with Crippen LogP contribution in [0.3, 0.4) is 0 Å². The van der Waals surface area contributed by atoms with Crippen LogP contribution in [0.2, 0.25) is 0 Å². The lowest BCUT2D eigenvalue weighted by molar-refractivity contribution is 0.186. The van der Waals surface area contributed by atoms with Gasteiger partial charge in [0.15, 0.2) is 0 Å². The van der Waals surface area contributed by atoms with E-state index in [1.807, 2.05) is 30.4 Å². The Labute approximate surface area is 67.4 Å². The van der Waals surface area contributed by atoms with Gasteiger partial charge < -0.3 is 4.74 Å². The molecule has 0 aliphatic carbocycles. The van der Waals surface area contributed by atoms with Crippen molar-refractivity contribution in [3.8, 4) is 0 Å². The zero-order valence-corrected chi connectivity index (χ0v) is 6.31. The number of ether oxygens (including phenoxy) is 1. The zero-order chi connectivity index (χ0) is 7.94. The highest BCUT2D eigenvalue weighted by Gasteiger charge is 2.01. The number of allylic oxidation sites excluding steroid dienone is 4. The van der Waals surface area contributed by atoms with Crippen LogP contribution in [0.4, 0.5) is 0 Å². The van der Waals surface area contributed by atoms with Gasteiger partial charge in [0.25, 0.3) is 0 Å². The molecule has 0 saturated carbocycles. The Morgan fingerprint density at radius 3 is 3.00 bits per heavy atom. The van der Waals surface area contributed by atoms with Crippen molar-refractivity contribution in [2.24, 2.45) is 0 Å². The summed E-state index contributed by atoms with van der Waals surface area (Å²) in [5.74, 6) is 0. The Balaban J connectivity index is 2.27. The summed E-state index contributed by atoms with van der Waals surface area (Å²) < 4.78 is 5.25. The Bertz CT molecular complexity index is 199. The zero-order valence-electron chi connectivity index (χ0n) is 6.31. The molecule has 1 aliphatic heterocycles. The molecule has 57 valence electrons. The molecule has 1 rings (SSSR count). The van der Waals surface area contributed by atoms with E-state index in [0.717, 1.165) is 6.42 Å². The molecule has 0 fully saturated rings. The summed E-state index contributed by atoms with van der Waals surface area (Å²) >= 11 is 0. The van der Waals surface area contributed by atoms with E-state index >= 15 is 0 Å². The van der Waals surface area contributed by atoms with Crippen LogP contribution in [-0.2, 0) is 4.74 Å². The maximum atomic E-state index is 5.25. The van der Waals surface area contributed by atoms with E-state index in [1.54, 1.807) is 6.26 Å². The maximum absolute atomic E-state index is 5.25. The summed E-state index contributed by atoms with van der Waals surface area (Å²) in [4.78, 5) is 0. The molecule has 1 heterocycles. The molecule has 1 nitrogen and oxygen atoms in total. The number of hydrogen-bond acceptors (Lipinski definition) is 1. The van der Waals surface area contributed by atoms with Crippen LogP contribution in [0, 0.1) is 6.58 Å². The first-order valence-corrected chi connectivity index (χ1v) is 3.62. The van der Waals surface area contributed by atoms with Gasteiger partial charge in [0.2, 0.25) is 0 Å². The van der Waals surface area contributed by atoms with Gasteiger partial charge in [0.1, 0.15) is 6.10 Å². The normalized spacial score (nSPS) is 22.0. The fourth-order valence-corrected chi connectivity index (χ4v) is 0.850. The third kappa shape index (κ3) is 2.89. The van der Waals surface area contributed by atoms with Gasteiger partial charge in [-0.25, -0.2) is 0 Å². The standard InChI is InChI=1S/C10H11O/c1-2-3-4-7-10-8-5-6-9-11-10/h1-6,8-10H,7H2/b2-1?,4-3+. The molecule has 0 aromatic heterocycles. The molecular formula is C10H11O. The molecular weight excluding hydrogens is 136 g/mol. The summed E-state index contributed by atoms with van der Waals surface area (Å²) in [6.45, 7) is 5.16. The number of hydrogen-bond donors (Lipinski definition) is 0. The van der Waals surface area contributed by atoms with Crippen LogP contribution in [0.15, 0.2) is 42.7 Å². The highest BCUT2D eigenvalue weighted by atomic mass is 16.5. The molecule has 0 bridgehead atoms. The Morgan fingerprint density at radius 2 is 2.36 bits per heavy atom. The van der Waals surface area contributed by atoms with Crippen LogP contribution >= 0.6 is 0 Å². The fourth-order valence-electron chi connectivity index (χ4n) is 0.850. The summed E-state index contributed by atoms with van der Waals surface area (Å²) in [7, 11) is 0. The molecule has 0 N–H and O–H groups in total. The van der Waals surface area contributed by atoms with Crippen LogP contribution in [0.5, 0.6) is 0 Å². The second-order valence-electron chi connectivity index (χ2n) is 2.24. The lowest BCUT2D eigenvalue weighted by atomic mass is 10.2. The average molecular weight is 147 g/mol. The molecule has 1 heteroatoms. The van der Waals surface area contributed by atoms with Gasteiger partial charge in [-0.2, -0.15) is 0 Å². The molecule has 0 saturated heterocycles. The van der Waals surface area contributed by atoms with E-state index in [1.165, 1.54) is 6.08 Å². The Kier molecular flexibility index (Phi) is 3.26. The van der Waals surface area contributed by atoms with Crippen molar-refractivity contribution in [3.63, 3.8) is 0 Å². The SMILES string of the molecule is [CH]=C/C=C/CC1C=CC=CO1. The van der Waals surface area contributed by atoms with Crippen LogP contribution in [0.25, 0.3) is 0 Å². The minimum Gasteiger partial charge on any atom is -0.494 e. The third-order valence-corrected chi connectivity index (χ3v) is 1.38. The smallest absolute Gasteiger partial charge is 0.120 e. The summed E-state index contributed by atoms with van der Waals surface area (Å²) in [6, 6.07) is 0. The molecule has 0 aromatic rings. The van der Waals surface area contributed by atoms with Gasteiger partial charge >= 0.3 is 0 Å². The lowest BCUT2D eigenvalue weighted by Gasteiger charge is -2.11. The first-order valence-electron chi connectivity index (χ1n) is 3.62. The molecule has 11 heavy (non-hydrogen) atoms. The van der Waals surface area contributed by atoms with E-state index in [0.29, 0.717) is 0 Å². The minimum atomic E-state index is 0.177. The lowest BCUT2D eigenvalue weighted by Crippen LogP contribution is -2.05. The van der Waals surface area contributed by atoms with Gasteiger partial charge in [0, 0.05) is 6.42 Å². The van der Waals surface area contributed by atoms with Crippen LogP contribution < -0.4 is 0 Å². The van der Waals surface area contributed by atoms with Gasteiger partial charge in [-0.1, -0.05) is 30.9 Å². The molecule has 1 unspecified atom stereocenters. The first kappa shape index (κ1) is 7.86. The van der Waals surface area contributed by atoms with Gasteiger partial charge in [-0.05, 0) is 12.2 Å². The van der Waals surface area contributed by atoms with E-state index < -0.39 is 0 Å². The largest absolute Gasteiger partial charge is 0.494 e. The molecule has 0 spiro atoms. The quantitative estimate of drug-likeness (QED) is 0.557. The van der Waals surface area contributed by atoms with Crippen molar-refractivity contribution in [2.45, 2.75) is 12.5 Å². The van der Waals surface area contributed by atoms with Crippen molar-refractivity contribution >= 4 is 0 Å². The summed E-state index contributed by atoms with van der Waals surface area (Å²) in [6.07, 6.45) is 13.9. The molecule has 1 radical (unpaired) electrons. The van der Waals surface area contributed by atoms with Crippen molar-refractivity contribution in [1.82, 2.24) is 0 Å². The topological polar surface area (TPSA) is 9.23 Å². The maximum Gasteiger partial charge on any atom is 0.120 e. The summed E-state index contributed by atoms with van der Waals surface area (Å²) in [5, 5.41) is 0. The first-order chi connectivity index (χ1) is 5.43. The second kappa shape index (κ2) is 4.56. The minimum absolute atomic E-state index is 0.177. The van der Waals surface area contributed by atoms with Crippen LogP contribution in [-0.4, -0.2) is 6.10 Å². The van der Waals surface area contributed by atoms with Crippen LogP contribution in [0.1, 0.15) is 6.42 Å². The predicted octanol–water partition coefficient (Wildman–Crippen LogP) is 2.39. The Hall–Kier alpha value is -1.24. The average Bonchev–Trinajstić information content (AvgIpc) is 2.07. The van der Waals surface area contributed by atoms with Crippen molar-refractivity contribution in [3.05, 3.63) is 49.3 Å². The van der Waals surface area contributed by atoms with E-state index in [2.05, 4.69) is 0 Å². The van der Waals surface area contributed by atoms with Crippen molar-refractivity contribution in [2.75, 3.05) is 0 Å². The third-order valence-electron chi connectivity index (χ3n) is 1.38. The number of rotatable bonds is 3. The Morgan fingerprint density at radius 1 is 1.45 bits per heavy atom. The fraction of sp³-hybridized carbons (Fsp3) is 0.200.